The average Bonchev–Trinajstić information content (AvgIpc) is 2.75. The zero-order chi connectivity index (χ0) is 16.8. The number of piperidine rings is 1. The number of hydrogen-bond acceptors (Lipinski definition) is 4. The molecule has 23 heavy (non-hydrogen) atoms. The van der Waals surface area contributed by atoms with Crippen molar-refractivity contribution >= 4 is 24.8 Å². The molecule has 1 amide bonds. The molecule has 2 N–H and O–H groups in total. The van der Waals surface area contributed by atoms with Crippen molar-refractivity contribution in [3.8, 4) is 0 Å². The summed E-state index contributed by atoms with van der Waals surface area (Å²) in [5.74, 6) is -0.934. The predicted molar refractivity (Wildman–Crippen MR) is 84.8 cm³/mol. The van der Waals surface area contributed by atoms with Gasteiger partial charge in [0.1, 0.15) is 25.0 Å². The summed E-state index contributed by atoms with van der Waals surface area (Å²) in [4.78, 5) is 17.6. The van der Waals surface area contributed by atoms with E-state index in [0.717, 1.165) is 0 Å². The van der Waals surface area contributed by atoms with Crippen LogP contribution >= 0.6 is 0 Å². The first-order chi connectivity index (χ1) is 10.9. The Labute approximate surface area is 135 Å². The van der Waals surface area contributed by atoms with Gasteiger partial charge in [-0.05, 0) is 37.0 Å². The summed E-state index contributed by atoms with van der Waals surface area (Å²) in [5.41, 5.74) is 0.145. The van der Waals surface area contributed by atoms with E-state index in [1.165, 1.54) is 12.1 Å². The fourth-order valence-corrected chi connectivity index (χ4v) is 3.31. The molecule has 5 nitrogen and oxygen atoms in total. The highest BCUT2D eigenvalue weighted by atomic mass is 19.1. The monoisotopic (exact) mass is 316 g/mol. The summed E-state index contributed by atoms with van der Waals surface area (Å²) in [7, 11) is 7.28. The molecule has 2 heterocycles. The molecule has 1 saturated heterocycles. The number of hydrogen-bond donors (Lipinski definition) is 2. The number of nitrogens with one attached hydrogen (secondary N) is 1. The highest BCUT2D eigenvalue weighted by Gasteiger charge is 2.48. The molecule has 0 unspecified atom stereocenters. The lowest BCUT2D eigenvalue weighted by Crippen LogP contribution is -2.52. The SMILES string of the molecule is [B]c1cc(F)c(C)c(C2=C(O)C3(CCN(OC)CC3)NC2=O)c1. The van der Waals surface area contributed by atoms with Crippen LogP contribution in [0.3, 0.4) is 0 Å². The summed E-state index contributed by atoms with van der Waals surface area (Å²) < 4.78 is 13.9. The Bertz CT molecular complexity index is 697. The number of carbonyl (C=O) groups is 1. The molecule has 1 fully saturated rings. The Kier molecular flexibility index (Phi) is 3.94. The first-order valence-electron chi connectivity index (χ1n) is 7.49. The van der Waals surface area contributed by atoms with E-state index in [9.17, 15) is 14.3 Å². The predicted octanol–water partition coefficient (Wildman–Crippen LogP) is 0.723. The summed E-state index contributed by atoms with van der Waals surface area (Å²) in [5, 5.41) is 15.4. The fraction of sp³-hybridized carbons (Fsp3) is 0.438. The van der Waals surface area contributed by atoms with Crippen LogP contribution in [0.15, 0.2) is 17.9 Å². The largest absolute Gasteiger partial charge is 0.509 e. The van der Waals surface area contributed by atoms with Crippen LogP contribution < -0.4 is 10.8 Å². The molecule has 1 spiro atoms. The van der Waals surface area contributed by atoms with Crippen molar-refractivity contribution in [2.24, 2.45) is 0 Å². The van der Waals surface area contributed by atoms with E-state index in [-0.39, 0.29) is 16.8 Å². The van der Waals surface area contributed by atoms with Gasteiger partial charge in [-0.25, -0.2) is 4.39 Å². The minimum absolute atomic E-state index is 0.0358. The third-order valence-corrected chi connectivity index (χ3v) is 4.74. The number of halogens is 1. The summed E-state index contributed by atoms with van der Waals surface area (Å²) in [6.07, 6.45) is 1.04. The number of benzene rings is 1. The van der Waals surface area contributed by atoms with Gasteiger partial charge in [-0.1, -0.05) is 11.5 Å². The van der Waals surface area contributed by atoms with Gasteiger partial charge in [0.2, 0.25) is 0 Å². The molecule has 3 rings (SSSR count). The maximum Gasteiger partial charge on any atom is 0.256 e. The lowest BCUT2D eigenvalue weighted by Gasteiger charge is -2.37. The smallest absolute Gasteiger partial charge is 0.256 e. The minimum Gasteiger partial charge on any atom is -0.509 e. The average molecular weight is 316 g/mol. The number of carbonyl (C=O) groups excluding carboxylic acids is 1. The van der Waals surface area contributed by atoms with Gasteiger partial charge >= 0.3 is 0 Å². The number of amides is 1. The molecular weight excluding hydrogens is 298 g/mol. The van der Waals surface area contributed by atoms with Crippen LogP contribution in [0, 0.1) is 12.7 Å². The number of aliphatic hydroxyl groups excluding tert-OH is 1. The standard InChI is InChI=1S/C16H18BFN2O3/c1-9-11(7-10(17)8-12(9)18)13-14(21)16(19-15(13)22)3-5-20(23-2)6-4-16/h7-8,21H,3-6H2,1-2H3,(H,19,22). The molecule has 7 heteroatoms. The quantitative estimate of drug-likeness (QED) is 0.790. The Morgan fingerprint density at radius 2 is 2.04 bits per heavy atom. The molecular formula is C16H18BFN2O3. The van der Waals surface area contributed by atoms with E-state index in [1.54, 1.807) is 19.1 Å². The zero-order valence-electron chi connectivity index (χ0n) is 13.1. The molecule has 2 radical (unpaired) electrons. The summed E-state index contributed by atoms with van der Waals surface area (Å²) in [6.45, 7) is 2.73. The van der Waals surface area contributed by atoms with Crippen LogP contribution in [0.4, 0.5) is 4.39 Å². The lowest BCUT2D eigenvalue weighted by atomic mass is 9.84. The van der Waals surface area contributed by atoms with Gasteiger partial charge in [-0.3, -0.25) is 4.79 Å². The third kappa shape index (κ3) is 2.54. The van der Waals surface area contributed by atoms with Crippen molar-refractivity contribution in [1.29, 1.82) is 0 Å². The molecule has 2 aliphatic heterocycles. The second-order valence-electron chi connectivity index (χ2n) is 6.05. The Morgan fingerprint density at radius 1 is 1.39 bits per heavy atom. The van der Waals surface area contributed by atoms with Crippen LogP contribution in [0.25, 0.3) is 5.57 Å². The highest BCUT2D eigenvalue weighted by Crippen LogP contribution is 2.39. The van der Waals surface area contributed by atoms with Gasteiger partial charge in [0.15, 0.2) is 0 Å². The van der Waals surface area contributed by atoms with E-state index in [1.807, 2.05) is 0 Å². The Hall–Kier alpha value is -1.86. The topological polar surface area (TPSA) is 61.8 Å². The van der Waals surface area contributed by atoms with Gasteiger partial charge < -0.3 is 15.3 Å². The normalized spacial score (nSPS) is 21.1. The maximum absolute atomic E-state index is 13.9. The van der Waals surface area contributed by atoms with E-state index < -0.39 is 17.3 Å². The molecule has 0 aliphatic carbocycles. The van der Waals surface area contributed by atoms with Crippen molar-refractivity contribution in [3.63, 3.8) is 0 Å². The molecule has 120 valence electrons. The maximum atomic E-state index is 13.9. The molecule has 0 aromatic heterocycles. The van der Waals surface area contributed by atoms with Crippen molar-refractivity contribution in [3.05, 3.63) is 34.8 Å². The number of aliphatic hydroxyl groups is 1. The molecule has 0 atom stereocenters. The number of hydroxylamine groups is 2. The van der Waals surface area contributed by atoms with Crippen LogP contribution in [-0.4, -0.2) is 49.7 Å². The van der Waals surface area contributed by atoms with Gasteiger partial charge in [-0.2, -0.15) is 5.06 Å². The molecule has 1 aromatic carbocycles. The summed E-state index contributed by atoms with van der Waals surface area (Å²) >= 11 is 0. The van der Waals surface area contributed by atoms with Crippen LogP contribution in [0.1, 0.15) is 24.0 Å². The molecule has 0 bridgehead atoms. The first kappa shape index (κ1) is 16.0. The van der Waals surface area contributed by atoms with Crippen LogP contribution in [0.2, 0.25) is 0 Å². The summed E-state index contributed by atoms with van der Waals surface area (Å²) in [6, 6.07) is 2.73. The van der Waals surface area contributed by atoms with Gasteiger partial charge in [0.25, 0.3) is 5.91 Å². The van der Waals surface area contributed by atoms with Gasteiger partial charge in [0.05, 0.1) is 12.7 Å². The van der Waals surface area contributed by atoms with E-state index in [0.29, 0.717) is 37.1 Å². The van der Waals surface area contributed by atoms with E-state index >= 15 is 0 Å². The van der Waals surface area contributed by atoms with Gasteiger partial charge in [0, 0.05) is 13.1 Å². The third-order valence-electron chi connectivity index (χ3n) is 4.74. The van der Waals surface area contributed by atoms with Gasteiger partial charge in [-0.15, -0.1) is 0 Å². The zero-order valence-corrected chi connectivity index (χ0v) is 13.1. The van der Waals surface area contributed by atoms with Crippen LogP contribution in [0.5, 0.6) is 0 Å². The van der Waals surface area contributed by atoms with E-state index in [2.05, 4.69) is 5.32 Å². The minimum atomic E-state index is -0.811. The number of nitrogens with zero attached hydrogens (tertiary/aromatic N) is 1. The first-order valence-corrected chi connectivity index (χ1v) is 7.49. The fourth-order valence-electron chi connectivity index (χ4n) is 3.31. The second kappa shape index (κ2) is 5.65. The molecule has 0 saturated carbocycles. The molecule has 1 aromatic rings. The molecule has 2 aliphatic rings. The lowest BCUT2D eigenvalue weighted by molar-refractivity contribution is -0.152. The van der Waals surface area contributed by atoms with Crippen LogP contribution in [-0.2, 0) is 9.63 Å². The van der Waals surface area contributed by atoms with Crippen molar-refractivity contribution in [2.75, 3.05) is 20.2 Å². The van der Waals surface area contributed by atoms with E-state index in [4.69, 9.17) is 12.7 Å². The Morgan fingerprint density at radius 3 is 2.65 bits per heavy atom. The van der Waals surface area contributed by atoms with Crippen molar-refractivity contribution < 1.29 is 19.1 Å². The second-order valence-corrected chi connectivity index (χ2v) is 6.05. The van der Waals surface area contributed by atoms with Crippen molar-refractivity contribution in [2.45, 2.75) is 25.3 Å². The van der Waals surface area contributed by atoms with Crippen molar-refractivity contribution in [1.82, 2.24) is 10.4 Å². The number of rotatable bonds is 2. The Balaban J connectivity index is 2.04. The highest BCUT2D eigenvalue weighted by molar-refractivity contribution is 6.33.